The second kappa shape index (κ2) is 9.04. The van der Waals surface area contributed by atoms with Crippen LogP contribution in [0.2, 0.25) is 0 Å². The topological polar surface area (TPSA) is 53.7 Å². The molecule has 0 unspecified atom stereocenters. The van der Waals surface area contributed by atoms with E-state index in [1.807, 2.05) is 18.3 Å². The summed E-state index contributed by atoms with van der Waals surface area (Å²) in [6.07, 6.45) is 10.6. The van der Waals surface area contributed by atoms with Crippen LogP contribution in [0, 0.1) is 6.92 Å². The van der Waals surface area contributed by atoms with Gasteiger partial charge in [-0.05, 0) is 31.9 Å². The van der Waals surface area contributed by atoms with Gasteiger partial charge in [-0.3, -0.25) is 4.99 Å². The average molecular weight is 361 g/mol. The fourth-order valence-corrected chi connectivity index (χ4v) is 3.92. The molecule has 0 atom stereocenters. The van der Waals surface area contributed by atoms with Gasteiger partial charge < -0.3 is 14.6 Å². The molecule has 1 N–H and O–H groups in total. The summed E-state index contributed by atoms with van der Waals surface area (Å²) in [6.45, 7) is 3.77. The summed E-state index contributed by atoms with van der Waals surface area (Å²) in [5.74, 6) is 2.00. The first kappa shape index (κ1) is 18.0. The maximum atomic E-state index is 5.41. The Hall–Kier alpha value is -1.82. The number of nitrogens with zero attached hydrogens (tertiary/aromatic N) is 3. The van der Waals surface area contributed by atoms with Gasteiger partial charge in [-0.2, -0.15) is 0 Å². The quantitative estimate of drug-likeness (QED) is 0.605. The Bertz CT molecular complexity index is 659. The zero-order valence-corrected chi connectivity index (χ0v) is 16.0. The van der Waals surface area contributed by atoms with Crippen LogP contribution in [-0.2, 0) is 12.8 Å². The van der Waals surface area contributed by atoms with E-state index >= 15 is 0 Å². The summed E-state index contributed by atoms with van der Waals surface area (Å²) in [5.41, 5.74) is 0. The van der Waals surface area contributed by atoms with Crippen LogP contribution in [-0.4, -0.2) is 42.0 Å². The molecule has 0 amide bonds. The number of likely N-dealkylation sites (N-methyl/N-ethyl adjacent to an activating group) is 1. The van der Waals surface area contributed by atoms with Gasteiger partial charge in [0.15, 0.2) is 5.96 Å². The van der Waals surface area contributed by atoms with Crippen molar-refractivity contribution in [2.45, 2.75) is 51.5 Å². The van der Waals surface area contributed by atoms with Crippen LogP contribution in [0.25, 0.3) is 0 Å². The fraction of sp³-hybridized carbons (Fsp3) is 0.579. The number of rotatable bonds is 7. The number of furan rings is 1. The molecule has 0 aliphatic heterocycles. The lowest BCUT2D eigenvalue weighted by molar-refractivity contribution is 0.462. The maximum absolute atomic E-state index is 5.41. The van der Waals surface area contributed by atoms with Gasteiger partial charge in [0.05, 0.1) is 11.3 Å². The molecule has 0 radical (unpaired) electrons. The SMILES string of the molecule is Cc1cnc(CCN(C)C(=NCCc2ccco2)NC2CCCC2)s1. The lowest BCUT2D eigenvalue weighted by Crippen LogP contribution is -2.44. The van der Waals surface area contributed by atoms with Crippen molar-refractivity contribution < 1.29 is 4.42 Å². The van der Waals surface area contributed by atoms with Crippen molar-refractivity contribution in [1.82, 2.24) is 15.2 Å². The van der Waals surface area contributed by atoms with Gasteiger partial charge in [0.1, 0.15) is 5.76 Å². The third kappa shape index (κ3) is 5.59. The molecule has 2 aromatic rings. The van der Waals surface area contributed by atoms with Crippen LogP contribution in [0.1, 0.15) is 41.3 Å². The van der Waals surface area contributed by atoms with Crippen molar-refractivity contribution in [3.63, 3.8) is 0 Å². The minimum Gasteiger partial charge on any atom is -0.469 e. The Kier molecular flexibility index (Phi) is 6.50. The number of aryl methyl sites for hydroxylation is 1. The van der Waals surface area contributed by atoms with Gasteiger partial charge in [-0.15, -0.1) is 11.3 Å². The highest BCUT2D eigenvalue weighted by atomic mass is 32.1. The molecule has 3 rings (SSSR count). The largest absolute Gasteiger partial charge is 0.469 e. The fourth-order valence-electron chi connectivity index (χ4n) is 3.14. The summed E-state index contributed by atoms with van der Waals surface area (Å²) in [5, 5.41) is 4.86. The molecule has 1 aliphatic carbocycles. The van der Waals surface area contributed by atoms with Crippen molar-refractivity contribution in [3.8, 4) is 0 Å². The van der Waals surface area contributed by atoms with Crippen LogP contribution in [0.4, 0.5) is 0 Å². The van der Waals surface area contributed by atoms with Crippen LogP contribution >= 0.6 is 11.3 Å². The molecule has 25 heavy (non-hydrogen) atoms. The van der Waals surface area contributed by atoms with E-state index in [0.29, 0.717) is 6.04 Å². The first-order chi connectivity index (χ1) is 12.2. The van der Waals surface area contributed by atoms with E-state index in [1.165, 1.54) is 35.6 Å². The molecular formula is C19H28N4OS. The lowest BCUT2D eigenvalue weighted by atomic mass is 10.2. The second-order valence-electron chi connectivity index (χ2n) is 6.70. The van der Waals surface area contributed by atoms with Crippen LogP contribution < -0.4 is 5.32 Å². The number of thiazole rings is 1. The summed E-state index contributed by atoms with van der Waals surface area (Å²) >= 11 is 1.78. The zero-order valence-electron chi connectivity index (χ0n) is 15.2. The summed E-state index contributed by atoms with van der Waals surface area (Å²) in [6, 6.07) is 4.50. The van der Waals surface area contributed by atoms with Gasteiger partial charge in [0.25, 0.3) is 0 Å². The van der Waals surface area contributed by atoms with E-state index in [2.05, 4.69) is 29.2 Å². The molecule has 2 heterocycles. The molecule has 136 valence electrons. The van der Waals surface area contributed by atoms with Crippen molar-refractivity contribution in [2.24, 2.45) is 4.99 Å². The smallest absolute Gasteiger partial charge is 0.193 e. The maximum Gasteiger partial charge on any atom is 0.193 e. The Labute approximate surface area is 154 Å². The van der Waals surface area contributed by atoms with Crippen LogP contribution in [0.15, 0.2) is 34.0 Å². The number of hydrogen-bond donors (Lipinski definition) is 1. The highest BCUT2D eigenvalue weighted by Crippen LogP contribution is 2.18. The predicted octanol–water partition coefficient (Wildman–Crippen LogP) is 3.65. The normalized spacial score (nSPS) is 15.7. The first-order valence-electron chi connectivity index (χ1n) is 9.16. The van der Waals surface area contributed by atoms with Crippen molar-refractivity contribution in [2.75, 3.05) is 20.1 Å². The molecule has 2 aromatic heterocycles. The number of aromatic nitrogens is 1. The van der Waals surface area contributed by atoms with Gasteiger partial charge in [-0.25, -0.2) is 4.98 Å². The Morgan fingerprint density at radius 2 is 2.24 bits per heavy atom. The monoisotopic (exact) mass is 360 g/mol. The molecule has 1 fully saturated rings. The highest BCUT2D eigenvalue weighted by molar-refractivity contribution is 7.11. The molecule has 1 saturated carbocycles. The molecule has 0 bridgehead atoms. The molecular weight excluding hydrogens is 332 g/mol. The average Bonchev–Trinajstić information content (AvgIpc) is 3.35. The van der Waals surface area contributed by atoms with Crippen molar-refractivity contribution in [1.29, 1.82) is 0 Å². The van der Waals surface area contributed by atoms with E-state index in [4.69, 9.17) is 9.41 Å². The standard InChI is InChI=1S/C19H28N4OS/c1-15-14-21-18(25-15)10-12-23(2)19(22-16-6-3-4-7-16)20-11-9-17-8-5-13-24-17/h5,8,13-14,16H,3-4,6-7,9-12H2,1-2H3,(H,20,22). The van der Waals surface area contributed by atoms with Crippen LogP contribution in [0.5, 0.6) is 0 Å². The number of hydrogen-bond acceptors (Lipinski definition) is 4. The van der Waals surface area contributed by atoms with E-state index in [-0.39, 0.29) is 0 Å². The van der Waals surface area contributed by atoms with E-state index < -0.39 is 0 Å². The third-order valence-corrected chi connectivity index (χ3v) is 5.55. The van der Waals surface area contributed by atoms with Gasteiger partial charge in [0.2, 0.25) is 0 Å². The first-order valence-corrected chi connectivity index (χ1v) is 9.98. The Balaban J connectivity index is 1.57. The molecule has 0 spiro atoms. The highest BCUT2D eigenvalue weighted by Gasteiger charge is 2.18. The second-order valence-corrected chi connectivity index (χ2v) is 8.02. The van der Waals surface area contributed by atoms with E-state index in [9.17, 15) is 0 Å². The zero-order chi connectivity index (χ0) is 17.5. The summed E-state index contributed by atoms with van der Waals surface area (Å²) < 4.78 is 5.41. The number of nitrogens with one attached hydrogen (secondary N) is 1. The third-order valence-electron chi connectivity index (χ3n) is 4.58. The molecule has 0 saturated heterocycles. The number of aliphatic imine (C=N–C) groups is 1. The minimum absolute atomic E-state index is 0.562. The Morgan fingerprint density at radius 3 is 2.92 bits per heavy atom. The van der Waals surface area contributed by atoms with Crippen molar-refractivity contribution >= 4 is 17.3 Å². The molecule has 5 nitrogen and oxygen atoms in total. The minimum atomic E-state index is 0.562. The molecule has 0 aromatic carbocycles. The van der Waals surface area contributed by atoms with E-state index in [1.54, 1.807) is 17.6 Å². The van der Waals surface area contributed by atoms with Crippen molar-refractivity contribution in [3.05, 3.63) is 40.2 Å². The van der Waals surface area contributed by atoms with Gasteiger partial charge >= 0.3 is 0 Å². The molecule has 1 aliphatic rings. The predicted molar refractivity (Wildman–Crippen MR) is 103 cm³/mol. The van der Waals surface area contributed by atoms with E-state index in [0.717, 1.165) is 37.7 Å². The van der Waals surface area contributed by atoms with Gasteiger partial charge in [0, 0.05) is 50.1 Å². The summed E-state index contributed by atoms with van der Waals surface area (Å²) in [7, 11) is 2.12. The van der Waals surface area contributed by atoms with Gasteiger partial charge in [-0.1, -0.05) is 12.8 Å². The number of guanidine groups is 1. The van der Waals surface area contributed by atoms with Crippen LogP contribution in [0.3, 0.4) is 0 Å². The molecule has 6 heteroatoms. The lowest BCUT2D eigenvalue weighted by Gasteiger charge is -2.25. The Morgan fingerprint density at radius 1 is 1.40 bits per heavy atom. The summed E-state index contributed by atoms with van der Waals surface area (Å²) in [4.78, 5) is 12.8.